The summed E-state index contributed by atoms with van der Waals surface area (Å²) in [6, 6.07) is 7.34. The van der Waals surface area contributed by atoms with Crippen LogP contribution < -0.4 is 14.8 Å². The van der Waals surface area contributed by atoms with E-state index in [1.54, 1.807) is 4.90 Å². The van der Waals surface area contributed by atoms with Crippen LogP contribution in [-0.4, -0.2) is 46.3 Å². The molecule has 0 radical (unpaired) electrons. The Morgan fingerprint density at radius 1 is 1.07 bits per heavy atom. The van der Waals surface area contributed by atoms with E-state index in [0.29, 0.717) is 54.5 Å². The monoisotopic (exact) mass is 571 g/mol. The van der Waals surface area contributed by atoms with Gasteiger partial charge in [-0.25, -0.2) is 0 Å². The van der Waals surface area contributed by atoms with E-state index in [1.165, 1.54) is 6.07 Å². The van der Waals surface area contributed by atoms with Crippen LogP contribution in [0.25, 0.3) is 0 Å². The number of aliphatic hydroxyl groups is 1. The topological polar surface area (TPSA) is 83.9 Å². The maximum absolute atomic E-state index is 14.1. The van der Waals surface area contributed by atoms with E-state index in [1.807, 2.05) is 18.2 Å². The van der Waals surface area contributed by atoms with E-state index in [0.717, 1.165) is 56.7 Å². The molecule has 220 valence electrons. The number of amides is 1. The molecule has 3 heterocycles. The number of fused-ring (bicyclic) bond motifs is 3. The summed E-state index contributed by atoms with van der Waals surface area (Å²) in [5.41, 5.74) is -0.0620. The zero-order chi connectivity index (χ0) is 28.4. The highest BCUT2D eigenvalue weighted by Gasteiger charge is 2.56. The second-order valence-electron chi connectivity index (χ2n) is 12.7. The second kappa shape index (κ2) is 9.87. The fourth-order valence-electron chi connectivity index (χ4n) is 8.26. The van der Waals surface area contributed by atoms with Gasteiger partial charge >= 0.3 is 6.18 Å². The van der Waals surface area contributed by atoms with Gasteiger partial charge in [-0.3, -0.25) is 9.78 Å². The molecule has 2 aromatic rings. The smallest absolute Gasteiger partial charge is 0.417 e. The number of pyridine rings is 1. The molecule has 2 aliphatic heterocycles. The average molecular weight is 572 g/mol. The molecule has 3 fully saturated rings. The van der Waals surface area contributed by atoms with Crippen molar-refractivity contribution in [3.05, 3.63) is 52.8 Å². The van der Waals surface area contributed by atoms with Crippen molar-refractivity contribution in [2.24, 2.45) is 11.3 Å². The van der Waals surface area contributed by atoms with Crippen LogP contribution in [0.2, 0.25) is 0 Å². The first kappa shape index (κ1) is 27.0. The quantitative estimate of drug-likeness (QED) is 0.533. The lowest BCUT2D eigenvalue weighted by Gasteiger charge is -2.39. The molecule has 3 aliphatic carbocycles. The molecular weight excluding hydrogens is 535 g/mol. The molecule has 2 N–H and O–H groups in total. The van der Waals surface area contributed by atoms with E-state index >= 15 is 0 Å². The van der Waals surface area contributed by atoms with Crippen molar-refractivity contribution in [1.29, 1.82) is 0 Å². The van der Waals surface area contributed by atoms with Crippen molar-refractivity contribution >= 4 is 5.91 Å². The Kier molecular flexibility index (Phi) is 6.50. The SMILES string of the molecule is O=C(N1CCc2ncc(C(F)(F)F)cc2C1)[C@@]12CCC[C@@H]1C[C@@H](N[C@H]1CC[C@](O)(c3ccc4c(c3)OCO4)CC1)C2. The van der Waals surface area contributed by atoms with E-state index in [9.17, 15) is 23.1 Å². The molecule has 3 atom stereocenters. The van der Waals surface area contributed by atoms with Crippen molar-refractivity contribution in [2.75, 3.05) is 13.3 Å². The minimum Gasteiger partial charge on any atom is -0.454 e. The number of carbonyl (C=O) groups excluding carboxylic acids is 1. The van der Waals surface area contributed by atoms with Gasteiger partial charge in [-0.1, -0.05) is 12.5 Å². The first-order valence-corrected chi connectivity index (χ1v) is 14.9. The van der Waals surface area contributed by atoms with Crippen LogP contribution in [0.3, 0.4) is 0 Å². The maximum atomic E-state index is 14.1. The van der Waals surface area contributed by atoms with E-state index in [-0.39, 0.29) is 31.3 Å². The lowest BCUT2D eigenvalue weighted by Crippen LogP contribution is -2.47. The molecule has 1 aromatic carbocycles. The zero-order valence-corrected chi connectivity index (χ0v) is 23.0. The number of hydrogen-bond acceptors (Lipinski definition) is 6. The number of ether oxygens (including phenoxy) is 2. The van der Waals surface area contributed by atoms with Crippen LogP contribution in [0.1, 0.15) is 80.2 Å². The number of aromatic nitrogens is 1. The minimum atomic E-state index is -4.45. The van der Waals surface area contributed by atoms with Gasteiger partial charge in [-0.2, -0.15) is 13.2 Å². The summed E-state index contributed by atoms with van der Waals surface area (Å²) in [6.45, 7) is 0.896. The predicted octanol–water partition coefficient (Wildman–Crippen LogP) is 5.08. The normalized spacial score (nSPS) is 32.6. The van der Waals surface area contributed by atoms with Gasteiger partial charge in [0.05, 0.1) is 16.6 Å². The van der Waals surface area contributed by atoms with Crippen LogP contribution in [0.5, 0.6) is 11.5 Å². The van der Waals surface area contributed by atoms with Gasteiger partial charge < -0.3 is 24.8 Å². The van der Waals surface area contributed by atoms with Gasteiger partial charge in [0.1, 0.15) is 0 Å². The van der Waals surface area contributed by atoms with Crippen molar-refractivity contribution in [3.63, 3.8) is 0 Å². The maximum Gasteiger partial charge on any atom is 0.417 e. The molecule has 0 spiro atoms. The largest absolute Gasteiger partial charge is 0.454 e. The number of rotatable bonds is 4. The fraction of sp³-hybridized carbons (Fsp3) is 0.613. The summed E-state index contributed by atoms with van der Waals surface area (Å²) >= 11 is 0. The second-order valence-corrected chi connectivity index (χ2v) is 12.7. The summed E-state index contributed by atoms with van der Waals surface area (Å²) in [5.74, 6) is 1.79. The molecule has 0 unspecified atom stereocenters. The van der Waals surface area contributed by atoms with Crippen LogP contribution in [0.15, 0.2) is 30.5 Å². The van der Waals surface area contributed by atoms with Crippen LogP contribution in [-0.2, 0) is 29.5 Å². The van der Waals surface area contributed by atoms with Crippen molar-refractivity contribution in [1.82, 2.24) is 15.2 Å². The third-order valence-electron chi connectivity index (χ3n) is 10.4. The van der Waals surface area contributed by atoms with E-state index in [2.05, 4.69) is 10.3 Å². The third kappa shape index (κ3) is 4.76. The molecule has 1 aromatic heterocycles. The first-order chi connectivity index (χ1) is 19.6. The van der Waals surface area contributed by atoms with E-state index < -0.39 is 22.8 Å². The Bertz CT molecular complexity index is 1340. The number of nitrogens with one attached hydrogen (secondary N) is 1. The Labute approximate surface area is 237 Å². The van der Waals surface area contributed by atoms with Gasteiger partial charge in [0, 0.05) is 43.5 Å². The Morgan fingerprint density at radius 3 is 2.68 bits per heavy atom. The van der Waals surface area contributed by atoms with Crippen LogP contribution in [0, 0.1) is 11.3 Å². The number of hydrogen-bond donors (Lipinski definition) is 2. The molecule has 41 heavy (non-hydrogen) atoms. The van der Waals surface area contributed by atoms with Gasteiger partial charge in [0.25, 0.3) is 0 Å². The highest BCUT2D eigenvalue weighted by atomic mass is 19.4. The molecular formula is C31H36F3N3O4. The Hall–Kier alpha value is -2.85. The van der Waals surface area contributed by atoms with E-state index in [4.69, 9.17) is 9.47 Å². The molecule has 10 heteroatoms. The minimum absolute atomic E-state index is 0.105. The molecule has 5 aliphatic rings. The number of nitrogens with zero attached hydrogens (tertiary/aromatic N) is 2. The average Bonchev–Trinajstić information content (AvgIpc) is 3.67. The van der Waals surface area contributed by atoms with Crippen molar-refractivity contribution < 1.29 is 32.5 Å². The summed E-state index contributed by atoms with van der Waals surface area (Å²) in [4.78, 5) is 19.9. The van der Waals surface area contributed by atoms with Crippen molar-refractivity contribution in [3.8, 4) is 11.5 Å². The summed E-state index contributed by atoms with van der Waals surface area (Å²) in [6.07, 6.45) is 4.48. The molecule has 3 saturated carbocycles. The number of alkyl halides is 3. The summed E-state index contributed by atoms with van der Waals surface area (Å²) in [7, 11) is 0. The first-order valence-electron chi connectivity index (χ1n) is 14.9. The summed E-state index contributed by atoms with van der Waals surface area (Å²) in [5, 5.41) is 15.3. The molecule has 7 nitrogen and oxygen atoms in total. The Morgan fingerprint density at radius 2 is 1.88 bits per heavy atom. The predicted molar refractivity (Wildman–Crippen MR) is 143 cm³/mol. The summed E-state index contributed by atoms with van der Waals surface area (Å²) < 4.78 is 50.8. The highest BCUT2D eigenvalue weighted by Crippen LogP contribution is 2.56. The highest BCUT2D eigenvalue weighted by molar-refractivity contribution is 5.84. The Balaban J connectivity index is 0.995. The molecule has 0 bridgehead atoms. The molecule has 1 amide bonds. The molecule has 0 saturated heterocycles. The zero-order valence-electron chi connectivity index (χ0n) is 23.0. The van der Waals surface area contributed by atoms with Crippen molar-refractivity contribution in [2.45, 2.75) is 94.6 Å². The number of carbonyl (C=O) groups is 1. The lowest BCUT2D eigenvalue weighted by molar-refractivity contribution is -0.144. The van der Waals surface area contributed by atoms with Gasteiger partial charge in [-0.05, 0) is 86.6 Å². The standard InChI is InChI=1S/C31H36F3N3O4/c32-31(33,34)22-12-19-17-37(11-7-25(19)35-16-22)28(38)29-8-1-2-20(29)13-24(15-29)36-23-5-9-30(39,10-6-23)21-3-4-26-27(14-21)41-18-40-26/h3-4,12,14,16,20,23-24,36,39H,1-2,5-11,13,15,17-18H2/t20-,23-,24-,29-,30+/m1/s1. The van der Waals surface area contributed by atoms with Gasteiger partial charge in [0.2, 0.25) is 12.7 Å². The number of benzene rings is 1. The third-order valence-corrected chi connectivity index (χ3v) is 10.4. The molecule has 7 rings (SSSR count). The van der Waals surface area contributed by atoms with Crippen LogP contribution >= 0.6 is 0 Å². The van der Waals surface area contributed by atoms with Gasteiger partial charge in [0.15, 0.2) is 11.5 Å². The lowest BCUT2D eigenvalue weighted by atomic mass is 9.77. The van der Waals surface area contributed by atoms with Gasteiger partial charge in [-0.15, -0.1) is 0 Å². The van der Waals surface area contributed by atoms with Crippen LogP contribution in [0.4, 0.5) is 13.2 Å². The number of halogens is 3. The fourth-order valence-corrected chi connectivity index (χ4v) is 8.26.